The van der Waals surface area contributed by atoms with Gasteiger partial charge < -0.3 is 20.2 Å². The summed E-state index contributed by atoms with van der Waals surface area (Å²) < 4.78 is 6.73. The Hall–Kier alpha value is -4.44. The fraction of sp³-hybridized carbons (Fsp3) is 0.333. The van der Waals surface area contributed by atoms with Crippen LogP contribution in [0.1, 0.15) is 30.4 Å². The van der Waals surface area contributed by atoms with Gasteiger partial charge in [-0.1, -0.05) is 18.2 Å². The van der Waals surface area contributed by atoms with Gasteiger partial charge in [0.2, 0.25) is 5.95 Å². The van der Waals surface area contributed by atoms with Gasteiger partial charge in [-0.25, -0.2) is 4.68 Å². The maximum absolute atomic E-state index is 12.9. The van der Waals surface area contributed by atoms with Crippen molar-refractivity contribution in [3.05, 3.63) is 57.4 Å². The normalized spacial score (nSPS) is 14.5. The van der Waals surface area contributed by atoms with Gasteiger partial charge >= 0.3 is 5.56 Å². The molecule has 3 rings (SSSR count). The molecule has 0 bridgehead atoms. The number of ether oxygens (including phenoxy) is 1. The summed E-state index contributed by atoms with van der Waals surface area (Å²) in [6.45, 7) is 2.00. The number of aromatic nitrogens is 3. The first kappa shape index (κ1) is 24.2. The number of anilines is 3. The largest absolute Gasteiger partial charge is 0.495 e. The number of carbonyl (C=O) groups is 1. The molecule has 1 aromatic heterocycles. The molecule has 0 saturated carbocycles. The number of hydrogen-bond donors (Lipinski definition) is 2. The van der Waals surface area contributed by atoms with Crippen LogP contribution in [-0.2, 0) is 17.8 Å². The highest BCUT2D eigenvalue weighted by atomic mass is 16.5. The highest BCUT2D eigenvalue weighted by Gasteiger charge is 2.17. The van der Waals surface area contributed by atoms with Gasteiger partial charge in [0.1, 0.15) is 12.0 Å². The Morgan fingerprint density at radius 1 is 1.35 bits per heavy atom. The molecule has 1 heterocycles. The Morgan fingerprint density at radius 3 is 2.82 bits per heavy atom. The van der Waals surface area contributed by atoms with E-state index in [0.29, 0.717) is 36.3 Å². The van der Waals surface area contributed by atoms with E-state index in [1.54, 1.807) is 25.3 Å². The molecule has 10 nitrogen and oxygen atoms in total. The van der Waals surface area contributed by atoms with Crippen LogP contribution in [0.5, 0.6) is 5.75 Å². The number of rotatable bonds is 10. The second kappa shape index (κ2) is 11.4. The van der Waals surface area contributed by atoms with E-state index < -0.39 is 5.56 Å². The molecule has 0 radical (unpaired) electrons. The van der Waals surface area contributed by atoms with Crippen LogP contribution in [0.25, 0.3) is 0 Å². The number of nitrogens with one attached hydrogen (secondary N) is 2. The summed E-state index contributed by atoms with van der Waals surface area (Å²) in [5.41, 5.74) is 2.57. The van der Waals surface area contributed by atoms with Gasteiger partial charge in [0.15, 0.2) is 5.82 Å². The lowest BCUT2D eigenvalue weighted by atomic mass is 10.0. The molecular formula is C24H25N7O3. The van der Waals surface area contributed by atoms with Crippen molar-refractivity contribution in [1.29, 1.82) is 10.5 Å². The summed E-state index contributed by atoms with van der Waals surface area (Å²) >= 11 is 0. The highest BCUT2D eigenvalue weighted by molar-refractivity contribution is 5.68. The third-order valence-electron chi connectivity index (χ3n) is 5.22. The van der Waals surface area contributed by atoms with Gasteiger partial charge in [-0.3, -0.25) is 4.79 Å². The first-order chi connectivity index (χ1) is 16.5. The third-order valence-corrected chi connectivity index (χ3v) is 5.22. The minimum atomic E-state index is -0.452. The Morgan fingerprint density at radius 2 is 2.18 bits per heavy atom. The zero-order valence-corrected chi connectivity index (χ0v) is 19.0. The van der Waals surface area contributed by atoms with Crippen molar-refractivity contribution in [3.8, 4) is 17.9 Å². The summed E-state index contributed by atoms with van der Waals surface area (Å²) in [5, 5.41) is 28.4. The molecule has 0 fully saturated rings. The second-order valence-electron chi connectivity index (χ2n) is 7.66. The fourth-order valence-corrected chi connectivity index (χ4v) is 3.52. The van der Waals surface area contributed by atoms with Gasteiger partial charge in [-0.15, -0.1) is 5.10 Å². The van der Waals surface area contributed by atoms with Crippen LogP contribution in [0.2, 0.25) is 0 Å². The number of aldehydes is 1. The van der Waals surface area contributed by atoms with Crippen molar-refractivity contribution < 1.29 is 9.53 Å². The first-order valence-electron chi connectivity index (χ1n) is 10.8. The van der Waals surface area contributed by atoms with Gasteiger partial charge in [0.25, 0.3) is 0 Å². The first-order valence-corrected chi connectivity index (χ1v) is 10.8. The molecule has 0 aliphatic heterocycles. The van der Waals surface area contributed by atoms with Crippen LogP contribution in [0.15, 0.2) is 40.7 Å². The quantitative estimate of drug-likeness (QED) is 0.512. The molecule has 2 N–H and O–H groups in total. The summed E-state index contributed by atoms with van der Waals surface area (Å²) in [6.07, 6.45) is 7.65. The van der Waals surface area contributed by atoms with Crippen LogP contribution >= 0.6 is 0 Å². The Balaban J connectivity index is 1.94. The Labute approximate surface area is 197 Å². The van der Waals surface area contributed by atoms with E-state index in [2.05, 4.69) is 32.9 Å². The van der Waals surface area contributed by atoms with E-state index in [1.807, 2.05) is 19.1 Å². The number of nitrogens with zero attached hydrogens (tertiary/aromatic N) is 5. The van der Waals surface area contributed by atoms with Crippen molar-refractivity contribution in [2.45, 2.75) is 45.2 Å². The Kier molecular flexibility index (Phi) is 8.14. The fourth-order valence-electron chi connectivity index (χ4n) is 3.52. The van der Waals surface area contributed by atoms with Crippen LogP contribution in [0, 0.1) is 29.6 Å². The molecule has 1 aliphatic carbocycles. The van der Waals surface area contributed by atoms with E-state index in [-0.39, 0.29) is 30.8 Å². The predicted molar refractivity (Wildman–Crippen MR) is 127 cm³/mol. The van der Waals surface area contributed by atoms with Gasteiger partial charge in [-0.2, -0.15) is 15.5 Å². The number of nitriles is 2. The lowest BCUT2D eigenvalue weighted by Crippen LogP contribution is -2.31. The molecular weight excluding hydrogens is 434 g/mol. The molecule has 0 amide bonds. The number of carbonyl (C=O) groups excluding carboxylic acids is 1. The standard InChI is InChI=1S/C24H25N7O3/c1-16-13-18(5-3-10-25)14-20(34-2)21(16)28-24-29-22(23(33)31(30-24)11-4-12-32)27-19-8-6-17(15-26)7-9-19/h6-8,12-14,19H,3-5,9,11H2,1-2H3,(H2,27,28,29,30). The van der Waals surface area contributed by atoms with E-state index in [9.17, 15) is 9.59 Å². The van der Waals surface area contributed by atoms with Crippen LogP contribution in [0.4, 0.5) is 17.5 Å². The molecule has 0 saturated heterocycles. The maximum atomic E-state index is 12.9. The monoisotopic (exact) mass is 459 g/mol. The minimum Gasteiger partial charge on any atom is -0.495 e. The van der Waals surface area contributed by atoms with Crippen molar-refractivity contribution in [2.75, 3.05) is 17.7 Å². The SMILES string of the molecule is COc1cc(CCC#N)cc(C)c1Nc1nc(NC2C=CC(C#N)=CC2)c(=O)n(CCC=O)n1. The Bertz CT molecular complexity index is 1270. The summed E-state index contributed by atoms with van der Waals surface area (Å²) in [5.74, 6) is 0.794. The van der Waals surface area contributed by atoms with Gasteiger partial charge in [0.05, 0.1) is 31.5 Å². The average molecular weight is 460 g/mol. The molecule has 2 aromatic rings. The van der Waals surface area contributed by atoms with Crippen LogP contribution < -0.4 is 20.9 Å². The van der Waals surface area contributed by atoms with Crippen molar-refractivity contribution in [3.63, 3.8) is 0 Å². The molecule has 34 heavy (non-hydrogen) atoms. The highest BCUT2D eigenvalue weighted by Crippen LogP contribution is 2.32. The number of allylic oxidation sites excluding steroid dienone is 2. The second-order valence-corrected chi connectivity index (χ2v) is 7.66. The van der Waals surface area contributed by atoms with Crippen LogP contribution in [0.3, 0.4) is 0 Å². The zero-order chi connectivity index (χ0) is 24.5. The number of methoxy groups -OCH3 is 1. The number of hydrogen-bond acceptors (Lipinski definition) is 9. The molecule has 1 unspecified atom stereocenters. The zero-order valence-electron chi connectivity index (χ0n) is 19.0. The topological polar surface area (TPSA) is 146 Å². The lowest BCUT2D eigenvalue weighted by Gasteiger charge is -2.19. The van der Waals surface area contributed by atoms with Crippen molar-refractivity contribution in [1.82, 2.24) is 14.8 Å². The van der Waals surface area contributed by atoms with Gasteiger partial charge in [-0.05, 0) is 43.0 Å². The predicted octanol–water partition coefficient (Wildman–Crippen LogP) is 2.93. The molecule has 10 heteroatoms. The summed E-state index contributed by atoms with van der Waals surface area (Å²) in [4.78, 5) is 28.2. The molecule has 1 aromatic carbocycles. The smallest absolute Gasteiger partial charge is 0.309 e. The van der Waals surface area contributed by atoms with Crippen LogP contribution in [-0.4, -0.2) is 34.2 Å². The summed E-state index contributed by atoms with van der Waals surface area (Å²) in [7, 11) is 1.55. The molecule has 174 valence electrons. The van der Waals surface area contributed by atoms with E-state index in [1.165, 1.54) is 4.68 Å². The third kappa shape index (κ3) is 5.87. The van der Waals surface area contributed by atoms with E-state index in [4.69, 9.17) is 15.3 Å². The van der Waals surface area contributed by atoms with E-state index in [0.717, 1.165) is 17.4 Å². The average Bonchev–Trinajstić information content (AvgIpc) is 2.85. The molecule has 1 aliphatic rings. The lowest BCUT2D eigenvalue weighted by molar-refractivity contribution is -0.108. The maximum Gasteiger partial charge on any atom is 0.309 e. The summed E-state index contributed by atoms with van der Waals surface area (Å²) in [6, 6.07) is 7.80. The number of aryl methyl sites for hydroxylation is 3. The van der Waals surface area contributed by atoms with Crippen molar-refractivity contribution >= 4 is 23.7 Å². The number of benzene rings is 1. The van der Waals surface area contributed by atoms with Crippen molar-refractivity contribution in [2.24, 2.45) is 0 Å². The van der Waals surface area contributed by atoms with E-state index >= 15 is 0 Å². The minimum absolute atomic E-state index is 0.0779. The molecule has 1 atom stereocenters. The molecule has 0 spiro atoms. The van der Waals surface area contributed by atoms with Gasteiger partial charge in [0, 0.05) is 24.5 Å².